The van der Waals surface area contributed by atoms with Crippen molar-refractivity contribution >= 4 is 28.2 Å². The van der Waals surface area contributed by atoms with E-state index in [-0.39, 0.29) is 5.91 Å². The molecule has 5 rings (SSSR count). The minimum atomic E-state index is -0.447. The number of aryl methyl sites for hydroxylation is 1. The molecule has 0 unspecified atom stereocenters. The number of amides is 1. The van der Waals surface area contributed by atoms with Crippen molar-refractivity contribution in [2.24, 2.45) is 0 Å². The number of nitrogens with zero attached hydrogens (tertiary/aromatic N) is 3. The van der Waals surface area contributed by atoms with Crippen LogP contribution in [0.4, 0.5) is 11.4 Å². The van der Waals surface area contributed by atoms with Crippen molar-refractivity contribution in [2.45, 2.75) is 31.2 Å². The van der Waals surface area contributed by atoms with Crippen LogP contribution in [-0.4, -0.2) is 49.0 Å². The summed E-state index contributed by atoms with van der Waals surface area (Å²) in [6.45, 7) is 4.10. The van der Waals surface area contributed by atoms with Gasteiger partial charge in [-0.15, -0.1) is 0 Å². The topological polar surface area (TPSA) is 48.5 Å². The van der Waals surface area contributed by atoms with E-state index in [0.717, 1.165) is 53.6 Å². The van der Waals surface area contributed by atoms with Crippen molar-refractivity contribution in [3.63, 3.8) is 0 Å². The highest BCUT2D eigenvalue weighted by molar-refractivity contribution is 6.04. The SMILES string of the molecule is Cc1ccc(N2CC(N(C)C)C2)cc1NC(=O)C1(c2cccc3ncccc23)CC1. The van der Waals surface area contributed by atoms with Gasteiger partial charge in [-0.2, -0.15) is 0 Å². The third-order valence-electron chi connectivity index (χ3n) is 6.77. The molecule has 1 aromatic heterocycles. The van der Waals surface area contributed by atoms with Gasteiger partial charge in [0.2, 0.25) is 5.91 Å². The minimum absolute atomic E-state index is 0.0916. The molecular weight excluding hydrogens is 372 g/mol. The van der Waals surface area contributed by atoms with Gasteiger partial charge in [-0.05, 0) is 69.3 Å². The van der Waals surface area contributed by atoms with Crippen LogP contribution in [0.3, 0.4) is 0 Å². The van der Waals surface area contributed by atoms with Crippen LogP contribution in [-0.2, 0) is 10.2 Å². The molecule has 1 saturated heterocycles. The Bertz CT molecular complexity index is 1110. The molecule has 0 radical (unpaired) electrons. The van der Waals surface area contributed by atoms with E-state index in [9.17, 15) is 4.79 Å². The Labute approximate surface area is 177 Å². The first-order valence-corrected chi connectivity index (χ1v) is 10.7. The molecule has 5 heteroatoms. The molecule has 154 valence electrons. The second kappa shape index (κ2) is 7.10. The van der Waals surface area contributed by atoms with Crippen LogP contribution >= 0.6 is 0 Å². The van der Waals surface area contributed by atoms with E-state index in [2.05, 4.69) is 71.5 Å². The van der Waals surface area contributed by atoms with Crippen molar-refractivity contribution < 1.29 is 4.79 Å². The van der Waals surface area contributed by atoms with Gasteiger partial charge in [0.15, 0.2) is 0 Å². The fourth-order valence-electron chi connectivity index (χ4n) is 4.44. The van der Waals surface area contributed by atoms with Gasteiger partial charge in [0.1, 0.15) is 0 Å². The molecule has 1 amide bonds. The lowest BCUT2D eigenvalue weighted by atomic mass is 9.91. The molecule has 2 aromatic carbocycles. The molecule has 1 saturated carbocycles. The van der Waals surface area contributed by atoms with Gasteiger partial charge in [-0.25, -0.2) is 0 Å². The number of carbonyl (C=O) groups is 1. The van der Waals surface area contributed by atoms with Gasteiger partial charge in [0, 0.05) is 42.1 Å². The van der Waals surface area contributed by atoms with Gasteiger partial charge < -0.3 is 15.1 Å². The molecular formula is C25H28N4O. The number of pyridine rings is 1. The summed E-state index contributed by atoms with van der Waals surface area (Å²) in [6, 6.07) is 17.1. The molecule has 2 heterocycles. The third kappa shape index (κ3) is 3.14. The van der Waals surface area contributed by atoms with Crippen LogP contribution in [0.1, 0.15) is 24.0 Å². The molecule has 1 N–H and O–H groups in total. The number of hydrogen-bond acceptors (Lipinski definition) is 4. The first-order valence-electron chi connectivity index (χ1n) is 10.7. The number of anilines is 2. The maximum absolute atomic E-state index is 13.4. The second-order valence-electron chi connectivity index (χ2n) is 8.93. The third-order valence-corrected chi connectivity index (χ3v) is 6.77. The lowest BCUT2D eigenvalue weighted by Gasteiger charge is -2.44. The maximum atomic E-state index is 13.4. The lowest BCUT2D eigenvalue weighted by Crippen LogP contribution is -2.57. The highest BCUT2D eigenvalue weighted by Crippen LogP contribution is 2.51. The predicted octanol–water partition coefficient (Wildman–Crippen LogP) is 3.96. The normalized spacial score (nSPS) is 17.8. The summed E-state index contributed by atoms with van der Waals surface area (Å²) in [5.41, 5.74) is 4.77. The molecule has 30 heavy (non-hydrogen) atoms. The Kier molecular flexibility index (Phi) is 4.51. The fraction of sp³-hybridized carbons (Fsp3) is 0.360. The summed E-state index contributed by atoms with van der Waals surface area (Å²) < 4.78 is 0. The fourth-order valence-corrected chi connectivity index (χ4v) is 4.44. The van der Waals surface area contributed by atoms with Crippen molar-refractivity contribution in [2.75, 3.05) is 37.4 Å². The molecule has 1 aliphatic carbocycles. The van der Waals surface area contributed by atoms with E-state index in [4.69, 9.17) is 0 Å². The zero-order valence-electron chi connectivity index (χ0n) is 17.9. The smallest absolute Gasteiger partial charge is 0.235 e. The van der Waals surface area contributed by atoms with E-state index in [1.165, 1.54) is 5.69 Å². The number of carbonyl (C=O) groups excluding carboxylic acids is 1. The standard InChI is InChI=1S/C25H28N4O/c1-17-9-10-18(29-15-19(16-29)28(2)3)14-23(17)27-24(30)25(11-12-25)21-7-4-8-22-20(21)6-5-13-26-22/h4-10,13-14,19H,11-12,15-16H2,1-3H3,(H,27,30). The second-order valence-corrected chi connectivity index (χ2v) is 8.93. The first-order chi connectivity index (χ1) is 14.5. The number of fused-ring (bicyclic) bond motifs is 1. The van der Waals surface area contributed by atoms with Gasteiger partial charge in [-0.3, -0.25) is 9.78 Å². The monoisotopic (exact) mass is 400 g/mol. The van der Waals surface area contributed by atoms with Crippen LogP contribution in [0.2, 0.25) is 0 Å². The van der Waals surface area contributed by atoms with E-state index in [1.54, 1.807) is 6.20 Å². The summed E-state index contributed by atoms with van der Waals surface area (Å²) in [6.07, 6.45) is 3.56. The highest BCUT2D eigenvalue weighted by Gasteiger charge is 2.52. The maximum Gasteiger partial charge on any atom is 0.235 e. The predicted molar refractivity (Wildman–Crippen MR) is 122 cm³/mol. The number of hydrogen-bond donors (Lipinski definition) is 1. The van der Waals surface area contributed by atoms with E-state index >= 15 is 0 Å². The van der Waals surface area contributed by atoms with Crippen molar-refractivity contribution in [3.05, 3.63) is 65.9 Å². The zero-order chi connectivity index (χ0) is 20.9. The van der Waals surface area contributed by atoms with Crippen molar-refractivity contribution in [1.82, 2.24) is 9.88 Å². The molecule has 0 atom stereocenters. The number of aromatic nitrogens is 1. The van der Waals surface area contributed by atoms with Gasteiger partial charge in [0.25, 0.3) is 0 Å². The Balaban J connectivity index is 1.40. The van der Waals surface area contributed by atoms with Crippen LogP contribution in [0.5, 0.6) is 0 Å². The van der Waals surface area contributed by atoms with Crippen LogP contribution < -0.4 is 10.2 Å². The largest absolute Gasteiger partial charge is 0.368 e. The summed E-state index contributed by atoms with van der Waals surface area (Å²) in [5, 5.41) is 4.33. The number of nitrogens with one attached hydrogen (secondary N) is 1. The molecule has 2 fully saturated rings. The summed E-state index contributed by atoms with van der Waals surface area (Å²) >= 11 is 0. The molecule has 0 spiro atoms. The number of likely N-dealkylation sites (N-methyl/N-ethyl adjacent to an activating group) is 1. The number of rotatable bonds is 5. The average molecular weight is 401 g/mol. The molecule has 2 aliphatic rings. The Hall–Kier alpha value is -2.92. The van der Waals surface area contributed by atoms with Gasteiger partial charge in [0.05, 0.1) is 10.9 Å². The number of benzene rings is 2. The molecule has 3 aromatic rings. The molecule has 5 nitrogen and oxygen atoms in total. The van der Waals surface area contributed by atoms with Crippen LogP contribution in [0.25, 0.3) is 10.9 Å². The van der Waals surface area contributed by atoms with Crippen LogP contribution in [0, 0.1) is 6.92 Å². The van der Waals surface area contributed by atoms with Gasteiger partial charge >= 0.3 is 0 Å². The summed E-state index contributed by atoms with van der Waals surface area (Å²) in [7, 11) is 4.25. The van der Waals surface area contributed by atoms with Gasteiger partial charge in [-0.1, -0.05) is 24.3 Å². The van der Waals surface area contributed by atoms with Crippen molar-refractivity contribution in [1.29, 1.82) is 0 Å². The quantitative estimate of drug-likeness (QED) is 0.704. The minimum Gasteiger partial charge on any atom is -0.368 e. The molecule has 1 aliphatic heterocycles. The Morgan fingerprint density at radius 2 is 1.93 bits per heavy atom. The average Bonchev–Trinajstić information content (AvgIpc) is 3.50. The molecule has 0 bridgehead atoms. The van der Waals surface area contributed by atoms with Crippen molar-refractivity contribution in [3.8, 4) is 0 Å². The van der Waals surface area contributed by atoms with E-state index in [1.807, 2.05) is 18.2 Å². The van der Waals surface area contributed by atoms with Crippen LogP contribution in [0.15, 0.2) is 54.7 Å². The van der Waals surface area contributed by atoms with E-state index in [0.29, 0.717) is 6.04 Å². The van der Waals surface area contributed by atoms with E-state index < -0.39 is 5.41 Å². The highest BCUT2D eigenvalue weighted by atomic mass is 16.2. The lowest BCUT2D eigenvalue weighted by molar-refractivity contribution is -0.118. The summed E-state index contributed by atoms with van der Waals surface area (Å²) in [5.74, 6) is 0.0916. The zero-order valence-corrected chi connectivity index (χ0v) is 17.9. The Morgan fingerprint density at radius 3 is 2.67 bits per heavy atom. The Morgan fingerprint density at radius 1 is 1.13 bits per heavy atom. The summed E-state index contributed by atoms with van der Waals surface area (Å²) in [4.78, 5) is 22.5. The first kappa shape index (κ1) is 19.1.